The molecule has 15 heavy (non-hydrogen) atoms. The van der Waals surface area contributed by atoms with E-state index in [1.807, 2.05) is 0 Å². The van der Waals surface area contributed by atoms with Gasteiger partial charge in [-0.2, -0.15) is 0 Å². The van der Waals surface area contributed by atoms with Crippen LogP contribution in [0.25, 0.3) is 0 Å². The van der Waals surface area contributed by atoms with Crippen LogP contribution in [0.1, 0.15) is 65.2 Å². The van der Waals surface area contributed by atoms with Crippen LogP contribution in [0.5, 0.6) is 0 Å². The summed E-state index contributed by atoms with van der Waals surface area (Å²) >= 11 is 0. The zero-order chi connectivity index (χ0) is 10.9. The van der Waals surface area contributed by atoms with Crippen molar-refractivity contribution in [2.45, 2.75) is 65.2 Å². The molecule has 0 aliphatic carbocycles. The Kier molecular flexibility index (Phi) is 7.08. The maximum Gasteiger partial charge on any atom is 0.000955 e. The largest absolute Gasteiger partial charge is 0.303 e. The molecule has 90 valence electrons. The predicted octanol–water partition coefficient (Wildman–Crippen LogP) is 4.08. The molecule has 1 heterocycles. The molecule has 1 saturated heterocycles. The Morgan fingerprint density at radius 3 is 2.33 bits per heavy atom. The molecule has 0 aromatic rings. The third kappa shape index (κ3) is 5.55. The Morgan fingerprint density at radius 2 is 1.73 bits per heavy atom. The van der Waals surface area contributed by atoms with E-state index in [1.54, 1.807) is 0 Å². The van der Waals surface area contributed by atoms with Gasteiger partial charge >= 0.3 is 0 Å². The molecule has 0 saturated carbocycles. The Hall–Kier alpha value is -0.0400. The van der Waals surface area contributed by atoms with Gasteiger partial charge in [-0.25, -0.2) is 0 Å². The molecule has 1 heteroatoms. The minimum absolute atomic E-state index is 0.972. The van der Waals surface area contributed by atoms with Crippen LogP contribution in [-0.4, -0.2) is 24.5 Å². The van der Waals surface area contributed by atoms with Crippen LogP contribution in [0.2, 0.25) is 0 Å². The summed E-state index contributed by atoms with van der Waals surface area (Å²) in [6.07, 6.45) is 11.4. The first kappa shape index (κ1) is 13.0. The van der Waals surface area contributed by atoms with Gasteiger partial charge in [-0.15, -0.1) is 0 Å². The van der Waals surface area contributed by atoms with Crippen molar-refractivity contribution < 1.29 is 0 Å². The first-order valence-electron chi connectivity index (χ1n) is 7.09. The Balaban J connectivity index is 2.06. The zero-order valence-electron chi connectivity index (χ0n) is 10.8. The predicted molar refractivity (Wildman–Crippen MR) is 68.2 cm³/mol. The van der Waals surface area contributed by atoms with E-state index in [9.17, 15) is 0 Å². The summed E-state index contributed by atoms with van der Waals surface area (Å²) in [5, 5.41) is 0. The van der Waals surface area contributed by atoms with E-state index in [-0.39, 0.29) is 0 Å². The van der Waals surface area contributed by atoms with Crippen molar-refractivity contribution in [1.82, 2.24) is 4.90 Å². The molecule has 1 aliphatic rings. The molecule has 1 unspecified atom stereocenters. The highest BCUT2D eigenvalue weighted by Gasteiger charge is 2.15. The number of rotatable bonds is 8. The number of hydrogen-bond donors (Lipinski definition) is 0. The molecule has 1 fully saturated rings. The molecule has 0 aromatic heterocycles. The van der Waals surface area contributed by atoms with Crippen LogP contribution in [-0.2, 0) is 0 Å². The molecule has 0 spiro atoms. The van der Waals surface area contributed by atoms with E-state index in [0.29, 0.717) is 0 Å². The standard InChI is InChI=1S/C14H29N/c1-3-5-6-7-10-14(4-2)13-15-11-8-9-12-15/h14H,3-13H2,1-2H3. The van der Waals surface area contributed by atoms with Crippen molar-refractivity contribution in [3.8, 4) is 0 Å². The van der Waals surface area contributed by atoms with Gasteiger partial charge < -0.3 is 4.90 Å². The third-order valence-electron chi connectivity index (χ3n) is 3.76. The monoisotopic (exact) mass is 211 g/mol. The van der Waals surface area contributed by atoms with E-state index < -0.39 is 0 Å². The van der Waals surface area contributed by atoms with Gasteiger partial charge in [0.05, 0.1) is 0 Å². The van der Waals surface area contributed by atoms with Crippen LogP contribution in [0.4, 0.5) is 0 Å². The summed E-state index contributed by atoms with van der Waals surface area (Å²) in [7, 11) is 0. The van der Waals surface area contributed by atoms with E-state index in [1.165, 1.54) is 71.0 Å². The SMILES string of the molecule is CCCCCCC(CC)CN1CCCC1. The van der Waals surface area contributed by atoms with Gasteiger partial charge in [-0.05, 0) is 38.3 Å². The zero-order valence-corrected chi connectivity index (χ0v) is 10.8. The van der Waals surface area contributed by atoms with Crippen molar-refractivity contribution in [1.29, 1.82) is 0 Å². The topological polar surface area (TPSA) is 3.24 Å². The van der Waals surface area contributed by atoms with E-state index >= 15 is 0 Å². The highest BCUT2D eigenvalue weighted by Crippen LogP contribution is 2.18. The van der Waals surface area contributed by atoms with Crippen LogP contribution in [0.3, 0.4) is 0 Å². The van der Waals surface area contributed by atoms with Crippen molar-refractivity contribution in [2.75, 3.05) is 19.6 Å². The molecular weight excluding hydrogens is 182 g/mol. The van der Waals surface area contributed by atoms with Gasteiger partial charge in [-0.3, -0.25) is 0 Å². The second-order valence-electron chi connectivity index (χ2n) is 5.13. The molecule has 1 nitrogen and oxygen atoms in total. The Morgan fingerprint density at radius 1 is 1.00 bits per heavy atom. The minimum atomic E-state index is 0.972. The van der Waals surface area contributed by atoms with Crippen molar-refractivity contribution >= 4 is 0 Å². The van der Waals surface area contributed by atoms with E-state index in [0.717, 1.165) is 5.92 Å². The molecule has 1 aliphatic heterocycles. The van der Waals surface area contributed by atoms with Gasteiger partial charge in [0, 0.05) is 6.54 Å². The lowest BCUT2D eigenvalue weighted by atomic mass is 9.98. The molecule has 0 radical (unpaired) electrons. The minimum Gasteiger partial charge on any atom is -0.303 e. The molecule has 0 bridgehead atoms. The summed E-state index contributed by atoms with van der Waals surface area (Å²) in [4.78, 5) is 2.67. The summed E-state index contributed by atoms with van der Waals surface area (Å²) in [6, 6.07) is 0. The van der Waals surface area contributed by atoms with Crippen LogP contribution in [0.15, 0.2) is 0 Å². The number of likely N-dealkylation sites (tertiary alicyclic amines) is 1. The maximum absolute atomic E-state index is 2.67. The van der Waals surface area contributed by atoms with Crippen LogP contribution < -0.4 is 0 Å². The second-order valence-corrected chi connectivity index (χ2v) is 5.13. The quantitative estimate of drug-likeness (QED) is 0.547. The van der Waals surface area contributed by atoms with Gasteiger partial charge in [0.1, 0.15) is 0 Å². The lowest BCUT2D eigenvalue weighted by molar-refractivity contribution is 0.259. The summed E-state index contributed by atoms with van der Waals surface area (Å²) in [5.41, 5.74) is 0. The van der Waals surface area contributed by atoms with Crippen LogP contribution >= 0.6 is 0 Å². The number of nitrogens with zero attached hydrogens (tertiary/aromatic N) is 1. The Bertz CT molecular complexity index is 138. The molecular formula is C14H29N. The molecule has 1 atom stereocenters. The number of unbranched alkanes of at least 4 members (excludes halogenated alkanes) is 3. The Labute approximate surface area is 96.2 Å². The van der Waals surface area contributed by atoms with Crippen molar-refractivity contribution in [3.05, 3.63) is 0 Å². The molecule has 0 aromatic carbocycles. The smallest absolute Gasteiger partial charge is 0.000955 e. The van der Waals surface area contributed by atoms with Crippen molar-refractivity contribution in [3.63, 3.8) is 0 Å². The summed E-state index contributed by atoms with van der Waals surface area (Å²) < 4.78 is 0. The van der Waals surface area contributed by atoms with Gasteiger partial charge in [0.15, 0.2) is 0 Å². The summed E-state index contributed by atoms with van der Waals surface area (Å²) in [6.45, 7) is 8.77. The van der Waals surface area contributed by atoms with E-state index in [4.69, 9.17) is 0 Å². The highest BCUT2D eigenvalue weighted by molar-refractivity contribution is 4.70. The summed E-state index contributed by atoms with van der Waals surface area (Å²) in [5.74, 6) is 0.972. The fraction of sp³-hybridized carbons (Fsp3) is 1.00. The fourth-order valence-corrected chi connectivity index (χ4v) is 2.61. The van der Waals surface area contributed by atoms with Crippen molar-refractivity contribution in [2.24, 2.45) is 5.92 Å². The first-order valence-corrected chi connectivity index (χ1v) is 7.09. The second kappa shape index (κ2) is 8.15. The van der Waals surface area contributed by atoms with Crippen LogP contribution in [0, 0.1) is 5.92 Å². The molecule has 0 N–H and O–H groups in total. The number of hydrogen-bond acceptors (Lipinski definition) is 1. The first-order chi connectivity index (χ1) is 7.36. The normalized spacial score (nSPS) is 19.6. The lowest BCUT2D eigenvalue weighted by Gasteiger charge is -2.22. The fourth-order valence-electron chi connectivity index (χ4n) is 2.61. The van der Waals surface area contributed by atoms with E-state index in [2.05, 4.69) is 18.7 Å². The van der Waals surface area contributed by atoms with Gasteiger partial charge in [0.25, 0.3) is 0 Å². The van der Waals surface area contributed by atoms with Gasteiger partial charge in [-0.1, -0.05) is 46.0 Å². The third-order valence-corrected chi connectivity index (χ3v) is 3.76. The average molecular weight is 211 g/mol. The maximum atomic E-state index is 2.67. The highest BCUT2D eigenvalue weighted by atomic mass is 15.1. The molecule has 0 amide bonds. The van der Waals surface area contributed by atoms with Gasteiger partial charge in [0.2, 0.25) is 0 Å². The molecule has 1 rings (SSSR count). The lowest BCUT2D eigenvalue weighted by Crippen LogP contribution is -2.26. The average Bonchev–Trinajstić information content (AvgIpc) is 2.75.